The zero-order valence-corrected chi connectivity index (χ0v) is 6.34. The van der Waals surface area contributed by atoms with Gasteiger partial charge in [-0.15, -0.1) is 0 Å². The zero-order chi connectivity index (χ0) is 7.56. The summed E-state index contributed by atoms with van der Waals surface area (Å²) in [6.45, 7) is 4.35. The number of Topliss-reactive ketones (excluding diaryl/α,β-unsaturated/α-hetero) is 1. The second-order valence-electron chi connectivity index (χ2n) is 2.72. The van der Waals surface area contributed by atoms with Gasteiger partial charge in [-0.3, -0.25) is 9.69 Å². The second kappa shape index (κ2) is 3.12. The molecule has 1 atom stereocenters. The van der Waals surface area contributed by atoms with Crippen LogP contribution in [0, 0.1) is 0 Å². The number of nitrogens with zero attached hydrogens (tertiary/aromatic N) is 1. The fourth-order valence-electron chi connectivity index (χ4n) is 1.33. The maximum Gasteiger partial charge on any atom is 0.150 e. The Morgan fingerprint density at radius 3 is 2.90 bits per heavy atom. The summed E-state index contributed by atoms with van der Waals surface area (Å²) in [4.78, 5) is 13.1. The molecule has 1 aliphatic rings. The molecule has 58 valence electrons. The minimum Gasteiger partial charge on any atom is -0.329 e. The number of hydrogen-bond acceptors (Lipinski definition) is 3. The molecule has 1 aliphatic heterocycles. The summed E-state index contributed by atoms with van der Waals surface area (Å²) in [5.41, 5.74) is 5.36. The standard InChI is InChI=1S/C7H14N2O/c1-6-7(10)2-4-9(6)5-3-8/h6H,2-5,8H2,1H3. The van der Waals surface area contributed by atoms with Gasteiger partial charge in [-0.25, -0.2) is 0 Å². The van der Waals surface area contributed by atoms with Gasteiger partial charge >= 0.3 is 0 Å². The molecule has 2 N–H and O–H groups in total. The van der Waals surface area contributed by atoms with E-state index >= 15 is 0 Å². The monoisotopic (exact) mass is 142 g/mol. The van der Waals surface area contributed by atoms with E-state index in [0.717, 1.165) is 13.1 Å². The van der Waals surface area contributed by atoms with Crippen molar-refractivity contribution in [3.05, 3.63) is 0 Å². The summed E-state index contributed by atoms with van der Waals surface area (Å²) in [7, 11) is 0. The van der Waals surface area contributed by atoms with Crippen molar-refractivity contribution in [1.82, 2.24) is 4.90 Å². The third-order valence-corrected chi connectivity index (χ3v) is 2.08. The van der Waals surface area contributed by atoms with Gasteiger partial charge in [0, 0.05) is 26.1 Å². The molecule has 0 radical (unpaired) electrons. The first-order valence-corrected chi connectivity index (χ1v) is 3.72. The van der Waals surface area contributed by atoms with Gasteiger partial charge in [0.05, 0.1) is 6.04 Å². The van der Waals surface area contributed by atoms with Crippen LogP contribution in [0.1, 0.15) is 13.3 Å². The van der Waals surface area contributed by atoms with Crippen LogP contribution in [-0.2, 0) is 4.79 Å². The van der Waals surface area contributed by atoms with Crippen molar-refractivity contribution in [3.63, 3.8) is 0 Å². The van der Waals surface area contributed by atoms with Gasteiger partial charge < -0.3 is 5.73 Å². The third kappa shape index (κ3) is 1.36. The Kier molecular flexibility index (Phi) is 2.40. The predicted molar refractivity (Wildman–Crippen MR) is 39.7 cm³/mol. The van der Waals surface area contributed by atoms with Crippen molar-refractivity contribution in [2.75, 3.05) is 19.6 Å². The molecule has 3 nitrogen and oxygen atoms in total. The van der Waals surface area contributed by atoms with Crippen LogP contribution in [0.2, 0.25) is 0 Å². The lowest BCUT2D eigenvalue weighted by molar-refractivity contribution is -0.119. The Hall–Kier alpha value is -0.410. The number of ketones is 1. The Bertz CT molecular complexity index is 136. The molecule has 0 aliphatic carbocycles. The zero-order valence-electron chi connectivity index (χ0n) is 6.34. The lowest BCUT2D eigenvalue weighted by Gasteiger charge is -2.17. The van der Waals surface area contributed by atoms with Crippen LogP contribution < -0.4 is 5.73 Å². The maximum absolute atomic E-state index is 11.0. The smallest absolute Gasteiger partial charge is 0.150 e. The number of carbonyl (C=O) groups is 1. The quantitative estimate of drug-likeness (QED) is 0.571. The Morgan fingerprint density at radius 1 is 1.80 bits per heavy atom. The summed E-state index contributed by atoms with van der Waals surface area (Å²) in [5.74, 6) is 0.355. The average molecular weight is 142 g/mol. The van der Waals surface area contributed by atoms with Gasteiger partial charge in [0.25, 0.3) is 0 Å². The SMILES string of the molecule is CC1C(=O)CCN1CCN. The van der Waals surface area contributed by atoms with Crippen molar-refractivity contribution in [2.24, 2.45) is 5.73 Å². The van der Waals surface area contributed by atoms with Crippen LogP contribution in [0.3, 0.4) is 0 Å². The fourth-order valence-corrected chi connectivity index (χ4v) is 1.33. The van der Waals surface area contributed by atoms with E-state index in [2.05, 4.69) is 4.90 Å². The van der Waals surface area contributed by atoms with E-state index in [1.54, 1.807) is 0 Å². The van der Waals surface area contributed by atoms with E-state index in [-0.39, 0.29) is 6.04 Å². The molecule has 0 amide bonds. The molecule has 0 aromatic rings. The number of nitrogens with two attached hydrogens (primary N) is 1. The minimum atomic E-state index is 0.114. The molecule has 10 heavy (non-hydrogen) atoms. The van der Waals surface area contributed by atoms with Crippen molar-refractivity contribution in [3.8, 4) is 0 Å². The summed E-state index contributed by atoms with van der Waals surface area (Å²) in [5, 5.41) is 0. The molecule has 1 heterocycles. The molecule has 3 heteroatoms. The van der Waals surface area contributed by atoms with E-state index in [4.69, 9.17) is 5.73 Å². The fraction of sp³-hybridized carbons (Fsp3) is 0.857. The highest BCUT2D eigenvalue weighted by Crippen LogP contribution is 2.11. The first-order valence-electron chi connectivity index (χ1n) is 3.72. The Labute approximate surface area is 61.2 Å². The number of hydrogen-bond donors (Lipinski definition) is 1. The summed E-state index contributed by atoms with van der Waals surface area (Å²) in [6, 6.07) is 0.114. The van der Waals surface area contributed by atoms with E-state index in [1.165, 1.54) is 0 Å². The van der Waals surface area contributed by atoms with E-state index in [9.17, 15) is 4.79 Å². The van der Waals surface area contributed by atoms with Crippen molar-refractivity contribution >= 4 is 5.78 Å². The lowest BCUT2D eigenvalue weighted by atomic mass is 10.2. The molecule has 0 bridgehead atoms. The van der Waals surface area contributed by atoms with Crippen LogP contribution in [0.5, 0.6) is 0 Å². The van der Waals surface area contributed by atoms with Crippen LogP contribution >= 0.6 is 0 Å². The summed E-state index contributed by atoms with van der Waals surface area (Å²) < 4.78 is 0. The van der Waals surface area contributed by atoms with Crippen molar-refractivity contribution in [1.29, 1.82) is 0 Å². The third-order valence-electron chi connectivity index (χ3n) is 2.08. The number of carbonyl (C=O) groups excluding carboxylic acids is 1. The summed E-state index contributed by atoms with van der Waals surface area (Å²) >= 11 is 0. The van der Waals surface area contributed by atoms with Crippen LogP contribution in [0.25, 0.3) is 0 Å². The van der Waals surface area contributed by atoms with Gasteiger partial charge in [-0.1, -0.05) is 0 Å². The van der Waals surface area contributed by atoms with Crippen molar-refractivity contribution in [2.45, 2.75) is 19.4 Å². The largest absolute Gasteiger partial charge is 0.329 e. The topological polar surface area (TPSA) is 46.3 Å². The normalized spacial score (nSPS) is 27.8. The average Bonchev–Trinajstić information content (AvgIpc) is 2.20. The van der Waals surface area contributed by atoms with Crippen LogP contribution in [-0.4, -0.2) is 36.4 Å². The van der Waals surface area contributed by atoms with Crippen LogP contribution in [0.4, 0.5) is 0 Å². The van der Waals surface area contributed by atoms with E-state index < -0.39 is 0 Å². The highest BCUT2D eigenvalue weighted by molar-refractivity contribution is 5.85. The molecule has 1 fully saturated rings. The molecule has 0 aromatic heterocycles. The second-order valence-corrected chi connectivity index (χ2v) is 2.72. The minimum absolute atomic E-state index is 0.114. The molecule has 1 rings (SSSR count). The Balaban J connectivity index is 2.41. The van der Waals surface area contributed by atoms with Crippen molar-refractivity contribution < 1.29 is 4.79 Å². The number of likely N-dealkylation sites (tertiary alicyclic amines) is 1. The molecular weight excluding hydrogens is 128 g/mol. The maximum atomic E-state index is 11.0. The Morgan fingerprint density at radius 2 is 2.50 bits per heavy atom. The molecule has 0 saturated carbocycles. The molecule has 0 aromatic carbocycles. The van der Waals surface area contributed by atoms with Gasteiger partial charge in [0.2, 0.25) is 0 Å². The molecule has 1 saturated heterocycles. The van der Waals surface area contributed by atoms with Gasteiger partial charge in [0.1, 0.15) is 0 Å². The van der Waals surface area contributed by atoms with Crippen LogP contribution in [0.15, 0.2) is 0 Å². The predicted octanol–water partition coefficient (Wildman–Crippen LogP) is -0.392. The molecular formula is C7H14N2O. The van der Waals surface area contributed by atoms with E-state index in [0.29, 0.717) is 18.7 Å². The highest BCUT2D eigenvalue weighted by Gasteiger charge is 2.26. The summed E-state index contributed by atoms with van der Waals surface area (Å²) in [6.07, 6.45) is 0.709. The highest BCUT2D eigenvalue weighted by atomic mass is 16.1. The number of rotatable bonds is 2. The lowest BCUT2D eigenvalue weighted by Crippen LogP contribution is -2.34. The van der Waals surface area contributed by atoms with E-state index in [1.807, 2.05) is 6.92 Å². The van der Waals surface area contributed by atoms with Gasteiger partial charge in [-0.2, -0.15) is 0 Å². The first kappa shape index (κ1) is 7.69. The first-order chi connectivity index (χ1) is 4.75. The molecule has 0 spiro atoms. The van der Waals surface area contributed by atoms with Gasteiger partial charge in [-0.05, 0) is 6.92 Å². The van der Waals surface area contributed by atoms with Gasteiger partial charge in [0.15, 0.2) is 5.78 Å². The molecule has 1 unspecified atom stereocenters.